The largest absolute Gasteiger partial charge is 0.455 e. The van der Waals surface area contributed by atoms with Crippen LogP contribution in [0.15, 0.2) is 89.4 Å². The minimum absolute atomic E-state index is 0.151. The molecule has 1 aliphatic carbocycles. The average Bonchev–Trinajstić information content (AvgIpc) is 2.80. The molecule has 0 heterocycles. The van der Waals surface area contributed by atoms with E-state index in [-0.39, 0.29) is 28.4 Å². The van der Waals surface area contributed by atoms with Gasteiger partial charge in [-0.2, -0.15) is 0 Å². The number of nitrogen functional groups attached to an aromatic ring is 1. The highest BCUT2D eigenvalue weighted by atomic mass is 79.9. The third-order valence-corrected chi connectivity index (χ3v) is 5.97. The van der Waals surface area contributed by atoms with Gasteiger partial charge in [-0.1, -0.05) is 66.7 Å². The third kappa shape index (κ3) is 3.23. The molecule has 2 N–H and O–H groups in total. The number of hydrogen-bond donors (Lipinski definition) is 1. The summed E-state index contributed by atoms with van der Waals surface area (Å²) in [6, 6.07) is 26.0. The van der Waals surface area contributed by atoms with Gasteiger partial charge in [-0.25, -0.2) is 0 Å². The maximum atomic E-state index is 13.1. The van der Waals surface area contributed by atoms with Gasteiger partial charge in [0.2, 0.25) is 0 Å². The number of halogens is 1. The Bertz CT molecular complexity index is 1350. The molecule has 31 heavy (non-hydrogen) atoms. The molecule has 0 radical (unpaired) electrons. The van der Waals surface area contributed by atoms with Gasteiger partial charge in [-0.3, -0.25) is 9.59 Å². The van der Waals surface area contributed by atoms with Crippen LogP contribution in [-0.2, 0) is 0 Å². The van der Waals surface area contributed by atoms with Gasteiger partial charge in [-0.15, -0.1) is 0 Å². The van der Waals surface area contributed by atoms with E-state index in [4.69, 9.17) is 10.5 Å². The zero-order valence-electron chi connectivity index (χ0n) is 16.3. The maximum absolute atomic E-state index is 13.1. The number of anilines is 1. The van der Waals surface area contributed by atoms with Crippen LogP contribution in [-0.4, -0.2) is 11.6 Å². The summed E-state index contributed by atoms with van der Waals surface area (Å²) in [5, 5.41) is 0. The molecular weight excluding hydrogens is 454 g/mol. The fourth-order valence-corrected chi connectivity index (χ4v) is 4.39. The van der Waals surface area contributed by atoms with Crippen LogP contribution in [0.5, 0.6) is 11.5 Å². The smallest absolute Gasteiger partial charge is 0.196 e. The number of carbonyl (C=O) groups is 2. The van der Waals surface area contributed by atoms with Gasteiger partial charge >= 0.3 is 0 Å². The Labute approximate surface area is 187 Å². The quantitative estimate of drug-likeness (QED) is 0.316. The Balaban J connectivity index is 1.53. The molecule has 4 aromatic carbocycles. The fraction of sp³-hybridized carbons (Fsp3) is 0. The van der Waals surface area contributed by atoms with Gasteiger partial charge in [-0.05, 0) is 45.3 Å². The number of ketones is 2. The molecule has 0 aliphatic heterocycles. The van der Waals surface area contributed by atoms with Crippen LogP contribution in [0, 0.1) is 0 Å². The van der Waals surface area contributed by atoms with Crippen LogP contribution in [0.3, 0.4) is 0 Å². The highest BCUT2D eigenvalue weighted by Gasteiger charge is 2.34. The molecule has 0 aromatic heterocycles. The molecule has 4 nitrogen and oxygen atoms in total. The van der Waals surface area contributed by atoms with E-state index in [0.717, 1.165) is 11.1 Å². The number of benzene rings is 4. The molecule has 0 amide bonds. The second-order valence-electron chi connectivity index (χ2n) is 7.22. The summed E-state index contributed by atoms with van der Waals surface area (Å²) >= 11 is 3.43. The third-order valence-electron chi connectivity index (χ3n) is 5.34. The lowest BCUT2D eigenvalue weighted by molar-refractivity contribution is 0.0979. The zero-order chi connectivity index (χ0) is 21.5. The van der Waals surface area contributed by atoms with Crippen molar-refractivity contribution in [3.8, 4) is 22.6 Å². The molecule has 5 rings (SSSR count). The van der Waals surface area contributed by atoms with E-state index in [0.29, 0.717) is 27.1 Å². The SMILES string of the molecule is Nc1c(Oc2ccc(-c3ccccc3)cc2)cc(Br)c2c1C(=O)c1ccccc1C2=O. The fourth-order valence-electron chi connectivity index (χ4n) is 3.81. The highest BCUT2D eigenvalue weighted by molar-refractivity contribution is 9.10. The Morgan fingerprint density at radius 2 is 1.23 bits per heavy atom. The number of nitrogens with two attached hydrogens (primary N) is 1. The van der Waals surface area contributed by atoms with Crippen molar-refractivity contribution in [2.24, 2.45) is 0 Å². The molecule has 4 aromatic rings. The molecule has 5 heteroatoms. The molecule has 1 aliphatic rings. The molecule has 0 fully saturated rings. The summed E-state index contributed by atoms with van der Waals surface area (Å²) in [6.45, 7) is 0. The lowest BCUT2D eigenvalue weighted by atomic mass is 9.83. The number of ether oxygens (including phenoxy) is 1. The minimum Gasteiger partial charge on any atom is -0.455 e. The van der Waals surface area contributed by atoms with E-state index in [2.05, 4.69) is 15.9 Å². The normalized spacial score (nSPS) is 12.3. The highest BCUT2D eigenvalue weighted by Crippen LogP contribution is 2.42. The van der Waals surface area contributed by atoms with Crippen molar-refractivity contribution in [3.05, 3.63) is 112 Å². The summed E-state index contributed by atoms with van der Waals surface area (Å²) in [5.41, 5.74) is 9.82. The summed E-state index contributed by atoms with van der Waals surface area (Å²) in [5.74, 6) is 0.377. The molecular formula is C26H16BrNO3. The number of rotatable bonds is 3. The van der Waals surface area contributed by atoms with Gasteiger partial charge in [0.25, 0.3) is 0 Å². The number of carbonyl (C=O) groups excluding carboxylic acids is 2. The van der Waals surface area contributed by atoms with Crippen LogP contribution < -0.4 is 10.5 Å². The molecule has 0 unspecified atom stereocenters. The molecule has 150 valence electrons. The van der Waals surface area contributed by atoms with Gasteiger partial charge in [0.15, 0.2) is 17.3 Å². The Morgan fingerprint density at radius 1 is 0.677 bits per heavy atom. The molecule has 0 bridgehead atoms. The monoisotopic (exact) mass is 469 g/mol. The standard InChI is InChI=1S/C26H16BrNO3/c27-20-14-21(31-17-12-10-16(11-13-17)15-6-2-1-3-7-15)24(28)23-22(20)25(29)18-8-4-5-9-19(18)26(23)30/h1-14H,28H2. The summed E-state index contributed by atoms with van der Waals surface area (Å²) in [7, 11) is 0. The predicted molar refractivity (Wildman–Crippen MR) is 124 cm³/mol. The first kappa shape index (κ1) is 19.3. The minimum atomic E-state index is -0.284. The van der Waals surface area contributed by atoms with Gasteiger partial charge in [0.1, 0.15) is 5.75 Å². The van der Waals surface area contributed by atoms with Crippen molar-refractivity contribution in [2.75, 3.05) is 5.73 Å². The molecule has 0 atom stereocenters. The van der Waals surface area contributed by atoms with Crippen molar-refractivity contribution in [3.63, 3.8) is 0 Å². The van der Waals surface area contributed by atoms with Gasteiger partial charge in [0, 0.05) is 15.6 Å². The first-order chi connectivity index (χ1) is 15.0. The summed E-state index contributed by atoms with van der Waals surface area (Å²) in [4.78, 5) is 26.1. The topological polar surface area (TPSA) is 69.4 Å². The van der Waals surface area contributed by atoms with E-state index >= 15 is 0 Å². The average molecular weight is 470 g/mol. The lowest BCUT2D eigenvalue weighted by Gasteiger charge is -2.22. The van der Waals surface area contributed by atoms with E-state index in [1.807, 2.05) is 54.6 Å². The Morgan fingerprint density at radius 3 is 1.87 bits per heavy atom. The van der Waals surface area contributed by atoms with Crippen molar-refractivity contribution in [1.82, 2.24) is 0 Å². The molecule has 0 saturated carbocycles. The van der Waals surface area contributed by atoms with Crippen molar-refractivity contribution in [1.29, 1.82) is 0 Å². The lowest BCUT2D eigenvalue weighted by Crippen LogP contribution is -2.23. The Kier molecular flexibility index (Phi) is 4.68. The second-order valence-corrected chi connectivity index (χ2v) is 8.07. The van der Waals surface area contributed by atoms with Crippen LogP contribution in [0.2, 0.25) is 0 Å². The van der Waals surface area contributed by atoms with Gasteiger partial charge < -0.3 is 10.5 Å². The maximum Gasteiger partial charge on any atom is 0.196 e. The summed E-state index contributed by atoms with van der Waals surface area (Å²) in [6.07, 6.45) is 0. The van der Waals surface area contributed by atoms with Crippen LogP contribution in [0.4, 0.5) is 5.69 Å². The van der Waals surface area contributed by atoms with E-state index in [1.165, 1.54) is 0 Å². The van der Waals surface area contributed by atoms with Crippen molar-refractivity contribution >= 4 is 33.2 Å². The first-order valence-electron chi connectivity index (χ1n) is 9.68. The van der Waals surface area contributed by atoms with Crippen molar-refractivity contribution < 1.29 is 14.3 Å². The van der Waals surface area contributed by atoms with E-state index < -0.39 is 0 Å². The molecule has 0 saturated heterocycles. The van der Waals surface area contributed by atoms with E-state index in [9.17, 15) is 9.59 Å². The van der Waals surface area contributed by atoms with Crippen LogP contribution in [0.25, 0.3) is 11.1 Å². The van der Waals surface area contributed by atoms with Gasteiger partial charge in [0.05, 0.1) is 16.8 Å². The Hall–Kier alpha value is -3.70. The first-order valence-corrected chi connectivity index (χ1v) is 10.5. The van der Waals surface area contributed by atoms with Crippen LogP contribution >= 0.6 is 15.9 Å². The van der Waals surface area contributed by atoms with Crippen molar-refractivity contribution in [2.45, 2.75) is 0 Å². The predicted octanol–water partition coefficient (Wildman–Crippen LogP) is 6.27. The van der Waals surface area contributed by atoms with E-state index in [1.54, 1.807) is 30.3 Å². The van der Waals surface area contributed by atoms with Crippen LogP contribution in [0.1, 0.15) is 31.8 Å². The number of fused-ring (bicyclic) bond motifs is 2. The zero-order valence-corrected chi connectivity index (χ0v) is 17.8. The summed E-state index contributed by atoms with van der Waals surface area (Å²) < 4.78 is 6.47. The molecule has 0 spiro atoms. The second kappa shape index (κ2) is 7.52. The number of hydrogen-bond acceptors (Lipinski definition) is 4.